The Morgan fingerprint density at radius 2 is 2.03 bits per heavy atom. The van der Waals surface area contributed by atoms with Gasteiger partial charge in [-0.2, -0.15) is 18.4 Å². The Balaban J connectivity index is 1.74. The number of carbonyl (C=O) groups is 1. The van der Waals surface area contributed by atoms with Crippen LogP contribution >= 0.6 is 0 Å². The van der Waals surface area contributed by atoms with Gasteiger partial charge >= 0.3 is 6.18 Å². The van der Waals surface area contributed by atoms with Crippen LogP contribution in [0.15, 0.2) is 18.2 Å². The van der Waals surface area contributed by atoms with E-state index in [1.54, 1.807) is 6.92 Å². The van der Waals surface area contributed by atoms with Gasteiger partial charge in [-0.3, -0.25) is 9.10 Å². The lowest BCUT2D eigenvalue weighted by molar-refractivity contribution is -0.137. The molecule has 2 bridgehead atoms. The van der Waals surface area contributed by atoms with Gasteiger partial charge < -0.3 is 5.32 Å². The molecule has 1 aromatic rings. The lowest BCUT2D eigenvalue weighted by Crippen LogP contribution is -2.51. The lowest BCUT2D eigenvalue weighted by Gasteiger charge is -2.37. The van der Waals surface area contributed by atoms with Crippen LogP contribution in [0.2, 0.25) is 0 Å². The summed E-state index contributed by atoms with van der Waals surface area (Å²) < 4.78 is 66.9. The second-order valence-electron chi connectivity index (χ2n) is 8.31. The highest BCUT2D eigenvalue weighted by Gasteiger charge is 2.70. The minimum Gasteiger partial charge on any atom is -0.353 e. The molecule has 1 unspecified atom stereocenters. The van der Waals surface area contributed by atoms with E-state index in [0.29, 0.717) is 12.8 Å². The van der Waals surface area contributed by atoms with Gasteiger partial charge in [-0.25, -0.2) is 8.42 Å². The van der Waals surface area contributed by atoms with Crippen LogP contribution in [0.4, 0.5) is 18.9 Å². The van der Waals surface area contributed by atoms with E-state index in [9.17, 15) is 26.4 Å². The van der Waals surface area contributed by atoms with Gasteiger partial charge in [0.25, 0.3) is 0 Å². The van der Waals surface area contributed by atoms with E-state index in [4.69, 9.17) is 5.26 Å². The van der Waals surface area contributed by atoms with Crippen molar-refractivity contribution in [2.24, 2.45) is 17.8 Å². The number of nitrogens with zero attached hydrogens (tertiary/aromatic N) is 2. The molecule has 0 radical (unpaired) electrons. The maximum Gasteiger partial charge on any atom is 0.417 e. The molecular weight excluding hydrogens is 407 g/mol. The van der Waals surface area contributed by atoms with Crippen LogP contribution in [0.3, 0.4) is 0 Å². The van der Waals surface area contributed by atoms with Crippen molar-refractivity contribution in [3.8, 4) is 6.07 Å². The van der Waals surface area contributed by atoms with Crippen molar-refractivity contribution in [2.45, 2.75) is 43.7 Å². The number of alkyl halides is 3. The molecule has 1 heterocycles. The average molecular weight is 427 g/mol. The Bertz CT molecular complexity index is 1030. The summed E-state index contributed by atoms with van der Waals surface area (Å²) in [6, 6.07) is 4.40. The molecule has 5 atom stereocenters. The van der Waals surface area contributed by atoms with Gasteiger partial charge in [0, 0.05) is 25.4 Å². The van der Waals surface area contributed by atoms with Crippen molar-refractivity contribution >= 4 is 21.6 Å². The predicted octanol–water partition coefficient (Wildman–Crippen LogP) is 2.65. The molecule has 1 N–H and O–H groups in total. The van der Waals surface area contributed by atoms with Gasteiger partial charge in [0.05, 0.1) is 27.6 Å². The predicted molar refractivity (Wildman–Crippen MR) is 98.1 cm³/mol. The first-order chi connectivity index (χ1) is 13.4. The monoisotopic (exact) mass is 427 g/mol. The second-order valence-corrected chi connectivity index (χ2v) is 10.6. The summed E-state index contributed by atoms with van der Waals surface area (Å²) in [5.41, 5.74) is -1.77. The number of fused-ring (bicyclic) bond motifs is 5. The van der Waals surface area contributed by atoms with Crippen LogP contribution in [0.1, 0.15) is 37.8 Å². The summed E-state index contributed by atoms with van der Waals surface area (Å²) in [6.07, 6.45) is -3.54. The molecule has 10 heteroatoms. The number of nitrogens with one attached hydrogen (secondary N) is 1. The third-order valence-corrected chi connectivity index (χ3v) is 9.68. The molecule has 0 aromatic heterocycles. The van der Waals surface area contributed by atoms with Crippen LogP contribution in [-0.4, -0.2) is 31.7 Å². The van der Waals surface area contributed by atoms with Crippen LogP contribution in [0.25, 0.3) is 0 Å². The summed E-state index contributed by atoms with van der Waals surface area (Å²) in [6.45, 7) is 3.16. The van der Waals surface area contributed by atoms with E-state index >= 15 is 0 Å². The highest BCUT2D eigenvalue weighted by Crippen LogP contribution is 2.62. The van der Waals surface area contributed by atoms with Crippen molar-refractivity contribution in [1.29, 1.82) is 5.26 Å². The second kappa shape index (κ2) is 6.11. The minimum absolute atomic E-state index is 0.0332. The average Bonchev–Trinajstić information content (AvgIpc) is 3.21. The van der Waals surface area contributed by atoms with Crippen molar-refractivity contribution in [3.63, 3.8) is 0 Å². The van der Waals surface area contributed by atoms with E-state index in [2.05, 4.69) is 5.32 Å². The molecule has 3 fully saturated rings. The molecule has 156 valence electrons. The Morgan fingerprint density at radius 3 is 2.62 bits per heavy atom. The number of sulfonamides is 1. The fourth-order valence-corrected chi connectivity index (χ4v) is 8.10. The number of nitriles is 1. The maximum atomic E-state index is 13.4. The van der Waals surface area contributed by atoms with Crippen LogP contribution in [0, 0.1) is 29.1 Å². The van der Waals surface area contributed by atoms with Gasteiger partial charge in [0.1, 0.15) is 0 Å². The molecule has 4 rings (SSSR count). The van der Waals surface area contributed by atoms with Gasteiger partial charge in [0.15, 0.2) is 0 Å². The standard InChI is InChI=1S/C19H20F3N3O3S/c1-10(26)24-17-6-12-5-14(17)16-9-25(29(27,28)18(12,16)2)13-4-3-11(8-23)15(7-13)19(20,21)22/h3-4,7,12,14,16-17H,5-6,9H2,1-2H3,(H,24,26)/t12-,14+,16+,17-,18?/m1/s1. The summed E-state index contributed by atoms with van der Waals surface area (Å²) >= 11 is 0. The first-order valence-corrected chi connectivity index (χ1v) is 10.8. The first kappa shape index (κ1) is 20.0. The normalized spacial score (nSPS) is 34.7. The molecule has 6 nitrogen and oxygen atoms in total. The van der Waals surface area contributed by atoms with Crippen LogP contribution in [-0.2, 0) is 21.0 Å². The number of rotatable bonds is 2. The van der Waals surface area contributed by atoms with Gasteiger partial charge in [-0.1, -0.05) is 0 Å². The largest absolute Gasteiger partial charge is 0.417 e. The molecule has 29 heavy (non-hydrogen) atoms. The number of halogens is 3. The molecular formula is C19H20F3N3O3S. The van der Waals surface area contributed by atoms with Gasteiger partial charge in [-0.05, 0) is 49.8 Å². The van der Waals surface area contributed by atoms with E-state index in [0.717, 1.165) is 16.4 Å². The highest BCUT2D eigenvalue weighted by molar-refractivity contribution is 7.94. The van der Waals surface area contributed by atoms with Crippen molar-refractivity contribution < 1.29 is 26.4 Å². The molecule has 1 aromatic carbocycles. The third kappa shape index (κ3) is 2.66. The summed E-state index contributed by atoms with van der Waals surface area (Å²) in [5, 5.41) is 11.9. The number of benzene rings is 1. The molecule has 1 aliphatic heterocycles. The molecule has 2 aliphatic carbocycles. The van der Waals surface area contributed by atoms with Crippen molar-refractivity contribution in [2.75, 3.05) is 10.8 Å². The smallest absolute Gasteiger partial charge is 0.353 e. The van der Waals surface area contributed by atoms with Crippen LogP contribution in [0.5, 0.6) is 0 Å². The third-order valence-electron chi connectivity index (χ3n) is 6.99. The van der Waals surface area contributed by atoms with E-state index in [1.807, 2.05) is 0 Å². The van der Waals surface area contributed by atoms with Gasteiger partial charge in [0.2, 0.25) is 15.9 Å². The van der Waals surface area contributed by atoms with Crippen LogP contribution < -0.4 is 9.62 Å². The Labute approximate surface area is 166 Å². The van der Waals surface area contributed by atoms with E-state index < -0.39 is 32.1 Å². The summed E-state index contributed by atoms with van der Waals surface area (Å²) in [7, 11) is -3.91. The summed E-state index contributed by atoms with van der Waals surface area (Å²) in [4.78, 5) is 11.5. The quantitative estimate of drug-likeness (QED) is 0.786. The first-order valence-electron chi connectivity index (χ1n) is 9.32. The highest BCUT2D eigenvalue weighted by atomic mass is 32.2. The maximum absolute atomic E-state index is 13.4. The van der Waals surface area contributed by atoms with E-state index in [-0.39, 0.29) is 41.9 Å². The zero-order valence-corrected chi connectivity index (χ0v) is 16.6. The molecule has 3 aliphatic rings. The fraction of sp³-hybridized carbons (Fsp3) is 0.579. The number of carbonyl (C=O) groups excluding carboxylic acids is 1. The molecule has 1 amide bonds. The Hall–Kier alpha value is -2.28. The number of anilines is 1. The SMILES string of the molecule is CC(=O)N[C@@H]1C[C@H]2C[C@H]1[C@@H]1CN(c3ccc(C#N)c(C(F)(F)F)c3)S(=O)(=O)C21C. The molecule has 1 saturated heterocycles. The lowest BCUT2D eigenvalue weighted by atomic mass is 9.77. The molecule has 0 spiro atoms. The van der Waals surface area contributed by atoms with Crippen molar-refractivity contribution in [3.05, 3.63) is 29.3 Å². The van der Waals surface area contributed by atoms with Crippen molar-refractivity contribution in [1.82, 2.24) is 5.32 Å². The number of amides is 1. The topological polar surface area (TPSA) is 90.3 Å². The zero-order chi connectivity index (χ0) is 21.4. The zero-order valence-electron chi connectivity index (χ0n) is 15.8. The Morgan fingerprint density at radius 1 is 1.34 bits per heavy atom. The number of hydrogen-bond acceptors (Lipinski definition) is 4. The molecule has 2 saturated carbocycles. The Kier molecular flexibility index (Phi) is 4.22. The minimum atomic E-state index is -4.76. The van der Waals surface area contributed by atoms with E-state index in [1.165, 1.54) is 19.1 Å². The fourth-order valence-electron chi connectivity index (χ4n) is 5.63. The number of hydrogen-bond donors (Lipinski definition) is 1. The summed E-state index contributed by atoms with van der Waals surface area (Å²) in [5.74, 6) is -0.657. The van der Waals surface area contributed by atoms with Gasteiger partial charge in [-0.15, -0.1) is 0 Å².